The van der Waals surface area contributed by atoms with Gasteiger partial charge in [-0.3, -0.25) is 10.1 Å². The van der Waals surface area contributed by atoms with Gasteiger partial charge in [0.2, 0.25) is 0 Å². The van der Waals surface area contributed by atoms with E-state index in [1.54, 1.807) is 12.1 Å². The molecule has 0 aromatic heterocycles. The second-order valence-corrected chi connectivity index (χ2v) is 3.37. The summed E-state index contributed by atoms with van der Waals surface area (Å²) in [6.07, 6.45) is 0. The number of hydrogen-bond donors (Lipinski definition) is 0. The SMILES string of the molecule is CCOc1ccc([N+](=O)[O-])cc1[C](C)C. The molecule has 0 spiro atoms. The Bertz CT molecular complexity index is 361. The number of hydrogen-bond acceptors (Lipinski definition) is 3. The van der Waals surface area contributed by atoms with Crippen molar-refractivity contribution >= 4 is 5.69 Å². The van der Waals surface area contributed by atoms with E-state index in [-0.39, 0.29) is 5.69 Å². The molecule has 1 radical (unpaired) electrons. The number of nitrogens with zero attached hydrogens (tertiary/aromatic N) is 1. The van der Waals surface area contributed by atoms with E-state index in [1.165, 1.54) is 6.07 Å². The number of benzene rings is 1. The number of nitro groups is 1. The van der Waals surface area contributed by atoms with Crippen LogP contribution in [0, 0.1) is 16.0 Å². The van der Waals surface area contributed by atoms with Gasteiger partial charge in [0.15, 0.2) is 0 Å². The van der Waals surface area contributed by atoms with E-state index < -0.39 is 4.92 Å². The molecule has 0 amide bonds. The Morgan fingerprint density at radius 3 is 2.60 bits per heavy atom. The molecule has 0 unspecified atom stereocenters. The molecule has 0 aliphatic heterocycles. The van der Waals surface area contributed by atoms with E-state index in [9.17, 15) is 10.1 Å². The molecule has 0 N–H and O–H groups in total. The third kappa shape index (κ3) is 2.68. The maximum Gasteiger partial charge on any atom is 0.269 e. The van der Waals surface area contributed by atoms with Crippen LogP contribution in [0.4, 0.5) is 5.69 Å². The molecule has 0 heterocycles. The number of non-ortho nitro benzene ring substituents is 1. The van der Waals surface area contributed by atoms with Crippen LogP contribution in [0.15, 0.2) is 18.2 Å². The Balaban J connectivity index is 3.14. The number of nitro benzene ring substituents is 1. The highest BCUT2D eigenvalue weighted by Crippen LogP contribution is 2.29. The molecule has 0 saturated carbocycles. The molecular formula is C11H14NO3. The zero-order valence-corrected chi connectivity index (χ0v) is 9.11. The Morgan fingerprint density at radius 1 is 1.47 bits per heavy atom. The molecule has 0 aliphatic rings. The average Bonchev–Trinajstić information content (AvgIpc) is 2.18. The van der Waals surface area contributed by atoms with Crippen LogP contribution in [-0.4, -0.2) is 11.5 Å². The van der Waals surface area contributed by atoms with Gasteiger partial charge in [-0.15, -0.1) is 0 Å². The van der Waals surface area contributed by atoms with Crippen molar-refractivity contribution in [3.63, 3.8) is 0 Å². The highest BCUT2D eigenvalue weighted by atomic mass is 16.6. The van der Waals surface area contributed by atoms with Crippen molar-refractivity contribution in [3.8, 4) is 5.75 Å². The van der Waals surface area contributed by atoms with E-state index in [0.717, 1.165) is 11.5 Å². The Labute approximate surface area is 89.0 Å². The Morgan fingerprint density at radius 2 is 2.13 bits per heavy atom. The van der Waals surface area contributed by atoms with Crippen LogP contribution in [0.25, 0.3) is 0 Å². The molecule has 4 nitrogen and oxygen atoms in total. The average molecular weight is 208 g/mol. The monoisotopic (exact) mass is 208 g/mol. The summed E-state index contributed by atoms with van der Waals surface area (Å²) in [5, 5.41) is 10.6. The lowest BCUT2D eigenvalue weighted by molar-refractivity contribution is -0.384. The van der Waals surface area contributed by atoms with Crippen LogP contribution < -0.4 is 4.74 Å². The molecule has 0 atom stereocenters. The summed E-state index contributed by atoms with van der Waals surface area (Å²) < 4.78 is 5.39. The second-order valence-electron chi connectivity index (χ2n) is 3.37. The smallest absolute Gasteiger partial charge is 0.269 e. The van der Waals surface area contributed by atoms with Gasteiger partial charge in [0, 0.05) is 23.6 Å². The lowest BCUT2D eigenvalue weighted by atomic mass is 10.0. The lowest BCUT2D eigenvalue weighted by Crippen LogP contribution is -2.00. The quantitative estimate of drug-likeness (QED) is 0.564. The highest BCUT2D eigenvalue weighted by molar-refractivity contribution is 5.49. The van der Waals surface area contributed by atoms with Gasteiger partial charge in [-0.25, -0.2) is 0 Å². The van der Waals surface area contributed by atoms with E-state index in [2.05, 4.69) is 0 Å². The first kappa shape index (κ1) is 11.5. The van der Waals surface area contributed by atoms with Crippen LogP contribution in [0.3, 0.4) is 0 Å². The minimum absolute atomic E-state index is 0.0923. The van der Waals surface area contributed by atoms with Gasteiger partial charge in [-0.2, -0.15) is 0 Å². The van der Waals surface area contributed by atoms with Gasteiger partial charge in [0.1, 0.15) is 5.75 Å². The van der Waals surface area contributed by atoms with Crippen molar-refractivity contribution in [1.29, 1.82) is 0 Å². The standard InChI is InChI=1S/C11H14NO3/c1-4-15-11-6-5-9(12(13)14)7-10(11)8(2)3/h5-7H,4H2,1-3H3. The molecule has 81 valence electrons. The summed E-state index contributed by atoms with van der Waals surface area (Å²) >= 11 is 0. The fourth-order valence-corrected chi connectivity index (χ4v) is 1.30. The molecule has 1 aromatic rings. The molecule has 4 heteroatoms. The Hall–Kier alpha value is -1.58. The molecule has 0 fully saturated rings. The van der Waals surface area contributed by atoms with E-state index in [1.807, 2.05) is 20.8 Å². The van der Waals surface area contributed by atoms with Gasteiger partial charge in [0.05, 0.1) is 11.5 Å². The van der Waals surface area contributed by atoms with E-state index in [4.69, 9.17) is 4.74 Å². The topological polar surface area (TPSA) is 52.4 Å². The third-order valence-electron chi connectivity index (χ3n) is 2.01. The van der Waals surface area contributed by atoms with Crippen molar-refractivity contribution in [3.05, 3.63) is 39.8 Å². The zero-order chi connectivity index (χ0) is 11.4. The van der Waals surface area contributed by atoms with Crippen molar-refractivity contribution in [2.75, 3.05) is 6.61 Å². The first-order valence-corrected chi connectivity index (χ1v) is 4.78. The molecule has 0 aliphatic carbocycles. The maximum atomic E-state index is 10.6. The fraction of sp³-hybridized carbons (Fsp3) is 0.364. The maximum absolute atomic E-state index is 10.6. The third-order valence-corrected chi connectivity index (χ3v) is 2.01. The van der Waals surface area contributed by atoms with Gasteiger partial charge >= 0.3 is 0 Å². The molecule has 0 bridgehead atoms. The van der Waals surface area contributed by atoms with Crippen LogP contribution in [0.1, 0.15) is 26.3 Å². The summed E-state index contributed by atoms with van der Waals surface area (Å²) in [6, 6.07) is 4.64. The fourth-order valence-electron chi connectivity index (χ4n) is 1.30. The molecule has 1 aromatic carbocycles. The first-order valence-electron chi connectivity index (χ1n) is 4.78. The van der Waals surface area contributed by atoms with Crippen molar-refractivity contribution in [2.24, 2.45) is 0 Å². The van der Waals surface area contributed by atoms with Crippen molar-refractivity contribution in [2.45, 2.75) is 20.8 Å². The van der Waals surface area contributed by atoms with E-state index in [0.29, 0.717) is 12.4 Å². The Kier molecular flexibility index (Phi) is 3.66. The lowest BCUT2D eigenvalue weighted by Gasteiger charge is -2.11. The summed E-state index contributed by atoms with van der Waals surface area (Å²) in [7, 11) is 0. The summed E-state index contributed by atoms with van der Waals surface area (Å²) in [5.74, 6) is 1.70. The van der Waals surface area contributed by atoms with Gasteiger partial charge in [0.25, 0.3) is 5.69 Å². The number of ether oxygens (including phenoxy) is 1. The summed E-state index contributed by atoms with van der Waals surface area (Å²) in [4.78, 5) is 10.2. The van der Waals surface area contributed by atoms with E-state index >= 15 is 0 Å². The molecule has 15 heavy (non-hydrogen) atoms. The van der Waals surface area contributed by atoms with Gasteiger partial charge in [-0.1, -0.05) is 13.8 Å². The predicted octanol–water partition coefficient (Wildman–Crippen LogP) is 2.96. The molecule has 0 saturated heterocycles. The van der Waals surface area contributed by atoms with Gasteiger partial charge < -0.3 is 4.74 Å². The highest BCUT2D eigenvalue weighted by Gasteiger charge is 2.14. The minimum atomic E-state index is -0.401. The second kappa shape index (κ2) is 4.77. The minimum Gasteiger partial charge on any atom is -0.494 e. The summed E-state index contributed by atoms with van der Waals surface area (Å²) in [5.41, 5.74) is 0.890. The van der Waals surface area contributed by atoms with Gasteiger partial charge in [-0.05, 0) is 13.0 Å². The van der Waals surface area contributed by atoms with Crippen LogP contribution in [0.2, 0.25) is 0 Å². The zero-order valence-electron chi connectivity index (χ0n) is 9.11. The largest absolute Gasteiger partial charge is 0.494 e. The molecule has 1 rings (SSSR count). The number of rotatable bonds is 4. The van der Waals surface area contributed by atoms with Crippen LogP contribution in [-0.2, 0) is 0 Å². The molecular weight excluding hydrogens is 194 g/mol. The van der Waals surface area contributed by atoms with Crippen LogP contribution in [0.5, 0.6) is 5.75 Å². The summed E-state index contributed by atoms with van der Waals surface area (Å²) in [6.45, 7) is 6.25. The van der Waals surface area contributed by atoms with Crippen LogP contribution >= 0.6 is 0 Å². The predicted molar refractivity (Wildman–Crippen MR) is 58.0 cm³/mol. The normalized spacial score (nSPS) is 10.4. The van der Waals surface area contributed by atoms with Crippen molar-refractivity contribution in [1.82, 2.24) is 0 Å². The first-order chi connectivity index (χ1) is 7.06. The van der Waals surface area contributed by atoms with Crippen molar-refractivity contribution < 1.29 is 9.66 Å².